The smallest absolute Gasteiger partial charge is 0.261 e. The van der Waals surface area contributed by atoms with E-state index >= 15 is 0 Å². The molecule has 0 aliphatic heterocycles. The maximum atomic E-state index is 12.8. The lowest BCUT2D eigenvalue weighted by Gasteiger charge is -2.19. The van der Waals surface area contributed by atoms with E-state index in [9.17, 15) is 13.2 Å². The molecule has 0 spiro atoms. The van der Waals surface area contributed by atoms with E-state index in [0.717, 1.165) is 10.9 Å². The van der Waals surface area contributed by atoms with Gasteiger partial charge in [0.1, 0.15) is 18.9 Å². The van der Waals surface area contributed by atoms with Gasteiger partial charge < -0.3 is 18.9 Å². The molecule has 1 N–H and O–H groups in total. The summed E-state index contributed by atoms with van der Waals surface area (Å²) in [4.78, 5) is 14.3. The Hall–Kier alpha value is -3.04. The second kappa shape index (κ2) is 10.5. The van der Waals surface area contributed by atoms with Crippen LogP contribution in [0.3, 0.4) is 0 Å². The second-order valence-corrected chi connectivity index (χ2v) is 8.88. The average molecular weight is 460 g/mol. The monoisotopic (exact) mass is 459 g/mol. The van der Waals surface area contributed by atoms with Crippen LogP contribution in [-0.2, 0) is 26.1 Å². The minimum atomic E-state index is -3.75. The number of nitrogens with zero attached hydrogens (tertiary/aromatic N) is 2. The van der Waals surface area contributed by atoms with Gasteiger partial charge in [-0.2, -0.15) is 0 Å². The number of hydrogen-bond donors (Lipinski definition) is 1. The van der Waals surface area contributed by atoms with Crippen molar-refractivity contribution in [3.05, 3.63) is 54.7 Å². The fourth-order valence-corrected chi connectivity index (χ4v) is 4.45. The fraction of sp³-hybridized carbons (Fsp3) is 0.348. The highest BCUT2D eigenvalue weighted by Gasteiger charge is 2.16. The van der Waals surface area contributed by atoms with Crippen LogP contribution in [0.1, 0.15) is 13.8 Å². The van der Waals surface area contributed by atoms with E-state index in [1.807, 2.05) is 36.7 Å². The number of anilines is 1. The number of likely N-dealkylation sites (N-methyl/N-ethyl adjacent to an activating group) is 1. The third-order valence-electron chi connectivity index (χ3n) is 5.14. The van der Waals surface area contributed by atoms with Crippen LogP contribution in [0.5, 0.6) is 5.75 Å². The highest BCUT2D eigenvalue weighted by Crippen LogP contribution is 2.24. The predicted octanol–water partition coefficient (Wildman–Crippen LogP) is 3.34. The molecule has 0 bridgehead atoms. The van der Waals surface area contributed by atoms with E-state index < -0.39 is 10.0 Å². The van der Waals surface area contributed by atoms with Crippen molar-refractivity contribution in [2.24, 2.45) is 0 Å². The van der Waals surface area contributed by atoms with Crippen LogP contribution in [0, 0.1) is 0 Å². The molecule has 0 fully saturated rings. The van der Waals surface area contributed by atoms with Gasteiger partial charge in [0.05, 0.1) is 11.5 Å². The lowest BCUT2D eigenvalue weighted by molar-refractivity contribution is -0.131. The maximum absolute atomic E-state index is 12.8. The van der Waals surface area contributed by atoms with Gasteiger partial charge in [0.25, 0.3) is 10.0 Å². The molecule has 8 nitrogen and oxygen atoms in total. The highest BCUT2D eigenvalue weighted by atomic mass is 32.2. The Morgan fingerprint density at radius 3 is 2.41 bits per heavy atom. The van der Waals surface area contributed by atoms with E-state index in [1.165, 1.54) is 12.1 Å². The van der Waals surface area contributed by atoms with E-state index in [0.29, 0.717) is 37.7 Å². The summed E-state index contributed by atoms with van der Waals surface area (Å²) in [6, 6.07) is 13.4. The summed E-state index contributed by atoms with van der Waals surface area (Å²) in [5.74, 6) is 0.620. The normalized spacial score (nSPS) is 11.5. The molecule has 0 unspecified atom stereocenters. The van der Waals surface area contributed by atoms with Crippen LogP contribution in [0.15, 0.2) is 59.6 Å². The van der Waals surface area contributed by atoms with E-state index in [4.69, 9.17) is 9.47 Å². The minimum Gasteiger partial charge on any atom is -0.491 e. The third kappa shape index (κ3) is 5.60. The first-order chi connectivity index (χ1) is 15.4. The molecule has 32 heavy (non-hydrogen) atoms. The van der Waals surface area contributed by atoms with Gasteiger partial charge in [-0.25, -0.2) is 8.42 Å². The molecule has 172 valence electrons. The van der Waals surface area contributed by atoms with Gasteiger partial charge in [-0.05, 0) is 62.4 Å². The van der Waals surface area contributed by atoms with Gasteiger partial charge in [0.2, 0.25) is 5.91 Å². The topological polar surface area (TPSA) is 89.9 Å². The summed E-state index contributed by atoms with van der Waals surface area (Å²) >= 11 is 0. The number of nitrogens with one attached hydrogen (secondary N) is 1. The van der Waals surface area contributed by atoms with Crippen LogP contribution >= 0.6 is 0 Å². The van der Waals surface area contributed by atoms with Crippen molar-refractivity contribution in [3.8, 4) is 5.75 Å². The Kier molecular flexibility index (Phi) is 7.76. The van der Waals surface area contributed by atoms with Gasteiger partial charge in [-0.15, -0.1) is 0 Å². The summed E-state index contributed by atoms with van der Waals surface area (Å²) in [6.45, 7) is 6.33. The molecule has 9 heteroatoms. The molecule has 1 heterocycles. The van der Waals surface area contributed by atoms with Gasteiger partial charge in [0, 0.05) is 43.0 Å². The Bertz CT molecular complexity index is 1150. The molecular formula is C23H29N3O5S. The molecule has 3 aromatic rings. The Labute approximate surface area is 188 Å². The number of hydrogen-bond acceptors (Lipinski definition) is 5. The number of ether oxygens (including phenoxy) is 2. The van der Waals surface area contributed by atoms with Crippen LogP contribution in [0.25, 0.3) is 10.9 Å². The second-order valence-electron chi connectivity index (χ2n) is 7.20. The molecule has 0 aliphatic carbocycles. The summed E-state index contributed by atoms with van der Waals surface area (Å²) in [5.41, 5.74) is 1.32. The molecular weight excluding hydrogens is 430 g/mol. The van der Waals surface area contributed by atoms with E-state index in [1.54, 1.807) is 36.3 Å². The third-order valence-corrected chi connectivity index (χ3v) is 6.53. The number of methoxy groups -OCH3 is 1. The number of fused-ring (bicyclic) bond motifs is 1. The number of carbonyl (C=O) groups excluding carboxylic acids is 1. The van der Waals surface area contributed by atoms with Crippen LogP contribution < -0.4 is 9.46 Å². The number of benzene rings is 2. The predicted molar refractivity (Wildman–Crippen MR) is 124 cm³/mol. The number of sulfonamides is 1. The first-order valence-corrected chi connectivity index (χ1v) is 12.0. The molecule has 1 aromatic heterocycles. The summed E-state index contributed by atoms with van der Waals surface area (Å²) in [5, 5.41) is 0.847. The standard InChI is InChI=1S/C23H29N3O5S/c1-4-25(5-2)23(27)17-26-13-12-18-16-19(6-11-22(18)26)24-32(28,29)21-9-7-20(8-10-21)31-15-14-30-3/h6-13,16,24H,4-5,14-15,17H2,1-3H3. The summed E-state index contributed by atoms with van der Waals surface area (Å²) < 4.78 is 40.4. The molecule has 2 aromatic carbocycles. The van der Waals surface area contributed by atoms with Gasteiger partial charge in [0.15, 0.2) is 0 Å². The molecule has 0 radical (unpaired) electrons. The number of aromatic nitrogens is 1. The van der Waals surface area contributed by atoms with Crippen LogP contribution in [0.4, 0.5) is 5.69 Å². The van der Waals surface area contributed by atoms with Crippen molar-refractivity contribution >= 4 is 32.5 Å². The number of rotatable bonds is 11. The molecule has 0 atom stereocenters. The number of carbonyl (C=O) groups is 1. The quantitative estimate of drug-likeness (QED) is 0.444. The Balaban J connectivity index is 1.72. The lowest BCUT2D eigenvalue weighted by Crippen LogP contribution is -2.33. The van der Waals surface area contributed by atoms with Crippen LogP contribution in [0.2, 0.25) is 0 Å². The van der Waals surface area contributed by atoms with Crippen molar-refractivity contribution in [1.29, 1.82) is 0 Å². The van der Waals surface area contributed by atoms with E-state index in [2.05, 4.69) is 4.72 Å². The number of amides is 1. The largest absolute Gasteiger partial charge is 0.491 e. The fourth-order valence-electron chi connectivity index (χ4n) is 3.40. The van der Waals surface area contributed by atoms with Crippen molar-refractivity contribution in [2.45, 2.75) is 25.3 Å². The summed E-state index contributed by atoms with van der Waals surface area (Å²) in [7, 11) is -2.17. The van der Waals surface area contributed by atoms with Crippen molar-refractivity contribution in [2.75, 3.05) is 38.1 Å². The Morgan fingerprint density at radius 1 is 1.03 bits per heavy atom. The van der Waals surface area contributed by atoms with Gasteiger partial charge in [-0.1, -0.05) is 0 Å². The SMILES string of the molecule is CCN(CC)C(=O)Cn1ccc2cc(NS(=O)(=O)c3ccc(OCCOC)cc3)ccc21. The van der Waals surface area contributed by atoms with Crippen molar-refractivity contribution in [1.82, 2.24) is 9.47 Å². The summed E-state index contributed by atoms with van der Waals surface area (Å²) in [6.07, 6.45) is 1.84. The molecule has 0 saturated carbocycles. The van der Waals surface area contributed by atoms with Crippen molar-refractivity contribution < 1.29 is 22.7 Å². The maximum Gasteiger partial charge on any atom is 0.261 e. The minimum absolute atomic E-state index is 0.0481. The zero-order valence-electron chi connectivity index (χ0n) is 18.6. The zero-order valence-corrected chi connectivity index (χ0v) is 19.4. The van der Waals surface area contributed by atoms with Gasteiger partial charge >= 0.3 is 0 Å². The van der Waals surface area contributed by atoms with Crippen molar-refractivity contribution in [3.63, 3.8) is 0 Å². The first kappa shape index (κ1) is 23.6. The molecule has 1 amide bonds. The lowest BCUT2D eigenvalue weighted by atomic mass is 10.2. The molecule has 3 rings (SSSR count). The van der Waals surface area contributed by atoms with Gasteiger partial charge in [-0.3, -0.25) is 9.52 Å². The highest BCUT2D eigenvalue weighted by molar-refractivity contribution is 7.92. The van der Waals surface area contributed by atoms with E-state index in [-0.39, 0.29) is 17.3 Å². The Morgan fingerprint density at radius 2 is 1.75 bits per heavy atom. The molecule has 0 saturated heterocycles. The first-order valence-electron chi connectivity index (χ1n) is 10.5. The zero-order chi connectivity index (χ0) is 23.1. The average Bonchev–Trinajstić information content (AvgIpc) is 3.16. The van der Waals surface area contributed by atoms with Crippen LogP contribution in [-0.4, -0.2) is 57.2 Å². The molecule has 0 aliphatic rings.